The highest BCUT2D eigenvalue weighted by atomic mass is 19.1. The van der Waals surface area contributed by atoms with E-state index in [1.54, 1.807) is 6.07 Å². The van der Waals surface area contributed by atoms with E-state index < -0.39 is 0 Å². The van der Waals surface area contributed by atoms with Gasteiger partial charge in [-0.3, -0.25) is 0 Å². The van der Waals surface area contributed by atoms with Crippen LogP contribution in [0.3, 0.4) is 0 Å². The van der Waals surface area contributed by atoms with E-state index in [9.17, 15) is 4.39 Å². The summed E-state index contributed by atoms with van der Waals surface area (Å²) in [7, 11) is 2.00. The van der Waals surface area contributed by atoms with Crippen molar-refractivity contribution in [3.8, 4) is 6.07 Å². The molecule has 1 aliphatic rings. The van der Waals surface area contributed by atoms with Crippen LogP contribution < -0.4 is 4.90 Å². The summed E-state index contributed by atoms with van der Waals surface area (Å²) in [5, 5.41) is 8.90. The molecule has 0 radical (unpaired) electrons. The fourth-order valence-electron chi connectivity index (χ4n) is 2.91. The number of hydrogen-bond donors (Lipinski definition) is 0. The zero-order chi connectivity index (χ0) is 13.1. The summed E-state index contributed by atoms with van der Waals surface area (Å²) in [6.07, 6.45) is 4.91. The Morgan fingerprint density at radius 3 is 2.67 bits per heavy atom. The molecule has 0 N–H and O–H groups in total. The first-order valence-corrected chi connectivity index (χ1v) is 6.55. The van der Waals surface area contributed by atoms with E-state index in [1.807, 2.05) is 13.1 Å². The Bertz CT molecular complexity index is 464. The molecule has 2 nitrogen and oxygen atoms in total. The van der Waals surface area contributed by atoms with Crippen molar-refractivity contribution in [1.29, 1.82) is 5.26 Å². The lowest BCUT2D eigenvalue weighted by atomic mass is 9.85. The quantitative estimate of drug-likeness (QED) is 0.795. The van der Waals surface area contributed by atoms with Crippen LogP contribution in [0.2, 0.25) is 0 Å². The van der Waals surface area contributed by atoms with E-state index in [-0.39, 0.29) is 5.82 Å². The number of hydrogen-bond acceptors (Lipinski definition) is 2. The standard InChI is InChI=1S/C15H19FN2/c1-11-5-3-4-6-15(11)18(2)14-8-12(10-17)7-13(16)9-14/h7-9,11,15H,3-6H2,1-2H3. The highest BCUT2D eigenvalue weighted by Crippen LogP contribution is 2.31. The number of nitrogens with zero attached hydrogens (tertiary/aromatic N) is 2. The van der Waals surface area contributed by atoms with Crippen molar-refractivity contribution in [3.63, 3.8) is 0 Å². The molecule has 1 saturated carbocycles. The van der Waals surface area contributed by atoms with Crippen molar-refractivity contribution in [3.05, 3.63) is 29.6 Å². The molecule has 96 valence electrons. The molecule has 2 unspecified atom stereocenters. The van der Waals surface area contributed by atoms with Gasteiger partial charge in [-0.25, -0.2) is 4.39 Å². The first-order chi connectivity index (χ1) is 8.61. The molecule has 0 aliphatic heterocycles. The van der Waals surface area contributed by atoms with E-state index in [2.05, 4.69) is 11.8 Å². The summed E-state index contributed by atoms with van der Waals surface area (Å²) in [6, 6.07) is 7.03. The molecule has 0 bridgehead atoms. The highest BCUT2D eigenvalue weighted by Gasteiger charge is 2.25. The topological polar surface area (TPSA) is 27.0 Å². The molecule has 1 aliphatic carbocycles. The van der Waals surface area contributed by atoms with E-state index in [0.29, 0.717) is 17.5 Å². The maximum absolute atomic E-state index is 13.5. The average molecular weight is 246 g/mol. The molecule has 1 fully saturated rings. The fourth-order valence-corrected chi connectivity index (χ4v) is 2.91. The van der Waals surface area contributed by atoms with Gasteiger partial charge in [0.05, 0.1) is 11.6 Å². The monoisotopic (exact) mass is 246 g/mol. The van der Waals surface area contributed by atoms with E-state index in [4.69, 9.17) is 5.26 Å². The Morgan fingerprint density at radius 2 is 2.00 bits per heavy atom. The van der Waals surface area contributed by atoms with Crippen molar-refractivity contribution < 1.29 is 4.39 Å². The summed E-state index contributed by atoms with van der Waals surface area (Å²) < 4.78 is 13.5. The fraction of sp³-hybridized carbons (Fsp3) is 0.533. The molecular formula is C15H19FN2. The summed E-state index contributed by atoms with van der Waals surface area (Å²) in [5.74, 6) is 0.289. The third kappa shape index (κ3) is 2.64. The lowest BCUT2D eigenvalue weighted by Gasteiger charge is -2.37. The van der Waals surface area contributed by atoms with Crippen LogP contribution in [0.25, 0.3) is 0 Å². The van der Waals surface area contributed by atoms with Gasteiger partial charge in [0, 0.05) is 18.8 Å². The Kier molecular flexibility index (Phi) is 3.86. The van der Waals surface area contributed by atoms with Crippen molar-refractivity contribution >= 4 is 5.69 Å². The predicted molar refractivity (Wildman–Crippen MR) is 70.9 cm³/mol. The minimum atomic E-state index is -0.334. The minimum absolute atomic E-state index is 0.334. The van der Waals surface area contributed by atoms with Crippen LogP contribution in [0.5, 0.6) is 0 Å². The van der Waals surface area contributed by atoms with Crippen LogP contribution in [0.15, 0.2) is 18.2 Å². The maximum Gasteiger partial charge on any atom is 0.126 e. The van der Waals surface area contributed by atoms with Gasteiger partial charge in [-0.15, -0.1) is 0 Å². The largest absolute Gasteiger partial charge is 0.371 e. The molecule has 1 aromatic rings. The molecule has 0 spiro atoms. The van der Waals surface area contributed by atoms with Crippen molar-refractivity contribution in [2.24, 2.45) is 5.92 Å². The zero-order valence-corrected chi connectivity index (χ0v) is 11.0. The van der Waals surface area contributed by atoms with E-state index >= 15 is 0 Å². The Hall–Kier alpha value is -1.56. The number of anilines is 1. The van der Waals surface area contributed by atoms with Gasteiger partial charge in [0.25, 0.3) is 0 Å². The van der Waals surface area contributed by atoms with Crippen LogP contribution in [0.4, 0.5) is 10.1 Å². The molecule has 2 atom stereocenters. The van der Waals surface area contributed by atoms with Crippen LogP contribution in [-0.4, -0.2) is 13.1 Å². The third-order valence-corrected chi connectivity index (χ3v) is 3.98. The second-order valence-electron chi connectivity index (χ2n) is 5.25. The van der Waals surface area contributed by atoms with Gasteiger partial charge in [-0.05, 0) is 37.0 Å². The maximum atomic E-state index is 13.5. The lowest BCUT2D eigenvalue weighted by molar-refractivity contribution is 0.321. The van der Waals surface area contributed by atoms with Crippen molar-refractivity contribution in [2.75, 3.05) is 11.9 Å². The molecule has 3 heteroatoms. The SMILES string of the molecule is CC1CCCCC1N(C)c1cc(F)cc(C#N)c1. The van der Waals surface area contributed by atoms with E-state index in [1.165, 1.54) is 31.4 Å². The van der Waals surface area contributed by atoms with Crippen LogP contribution in [0, 0.1) is 23.1 Å². The molecule has 18 heavy (non-hydrogen) atoms. The van der Waals surface area contributed by atoms with Crippen LogP contribution >= 0.6 is 0 Å². The van der Waals surface area contributed by atoms with Crippen LogP contribution in [-0.2, 0) is 0 Å². The second kappa shape index (κ2) is 5.39. The molecular weight excluding hydrogens is 227 g/mol. The minimum Gasteiger partial charge on any atom is -0.371 e. The third-order valence-electron chi connectivity index (χ3n) is 3.98. The Balaban J connectivity index is 2.25. The molecule has 1 aromatic carbocycles. The molecule has 2 rings (SSSR count). The first-order valence-electron chi connectivity index (χ1n) is 6.55. The first kappa shape index (κ1) is 12.9. The normalized spacial score (nSPS) is 23.4. The molecule has 0 heterocycles. The second-order valence-corrected chi connectivity index (χ2v) is 5.25. The van der Waals surface area contributed by atoms with Gasteiger partial charge in [0.1, 0.15) is 5.82 Å². The molecule has 0 aromatic heterocycles. The zero-order valence-electron chi connectivity index (χ0n) is 11.0. The van der Waals surface area contributed by atoms with Gasteiger partial charge in [0.2, 0.25) is 0 Å². The van der Waals surface area contributed by atoms with Crippen molar-refractivity contribution in [1.82, 2.24) is 0 Å². The molecule has 0 saturated heterocycles. The number of benzene rings is 1. The summed E-state index contributed by atoms with van der Waals surface area (Å²) >= 11 is 0. The lowest BCUT2D eigenvalue weighted by Crippen LogP contribution is -2.39. The summed E-state index contributed by atoms with van der Waals surface area (Å²) in [6.45, 7) is 2.25. The van der Waals surface area contributed by atoms with Gasteiger partial charge < -0.3 is 4.90 Å². The Labute approximate surface area is 108 Å². The smallest absolute Gasteiger partial charge is 0.126 e. The predicted octanol–water partition coefficient (Wildman–Crippen LogP) is 3.71. The number of rotatable bonds is 2. The average Bonchev–Trinajstić information content (AvgIpc) is 2.37. The summed E-state index contributed by atoms with van der Waals surface area (Å²) in [5.41, 5.74) is 1.20. The van der Waals surface area contributed by atoms with Gasteiger partial charge >= 0.3 is 0 Å². The van der Waals surface area contributed by atoms with Gasteiger partial charge in [0.15, 0.2) is 0 Å². The number of nitriles is 1. The number of halogens is 1. The molecule has 0 amide bonds. The highest BCUT2D eigenvalue weighted by molar-refractivity contribution is 5.52. The van der Waals surface area contributed by atoms with Crippen LogP contribution in [0.1, 0.15) is 38.2 Å². The summed E-state index contributed by atoms with van der Waals surface area (Å²) in [4.78, 5) is 2.13. The van der Waals surface area contributed by atoms with Crippen molar-refractivity contribution in [2.45, 2.75) is 38.6 Å². The Morgan fingerprint density at radius 1 is 1.28 bits per heavy atom. The van der Waals surface area contributed by atoms with Gasteiger partial charge in [-0.2, -0.15) is 5.26 Å². The van der Waals surface area contributed by atoms with E-state index in [0.717, 1.165) is 12.1 Å². The van der Waals surface area contributed by atoms with Gasteiger partial charge in [-0.1, -0.05) is 19.8 Å².